The smallest absolute Gasteiger partial charge is 0.242 e. The number of carbonyl (C=O) groups excluding carboxylic acids is 2. The van der Waals surface area contributed by atoms with Crippen LogP contribution >= 0.6 is 12.6 Å². The second kappa shape index (κ2) is 11.7. The number of nitrogens with one attached hydrogen (secondary N) is 2. The number of amides is 2. The van der Waals surface area contributed by atoms with Gasteiger partial charge in [0, 0.05) is 12.8 Å². The Morgan fingerprint density at radius 3 is 2.12 bits per heavy atom. The van der Waals surface area contributed by atoms with Crippen LogP contribution in [-0.4, -0.2) is 41.9 Å². The Balaban J connectivity index is 4.87. The molecule has 0 aliphatic heterocycles. The molecule has 6 heteroatoms. The van der Waals surface area contributed by atoms with Crippen molar-refractivity contribution in [2.75, 3.05) is 12.8 Å². The van der Waals surface area contributed by atoms with E-state index < -0.39 is 23.5 Å². The Bertz CT molecular complexity index is 383. The number of hydrogen-bond acceptors (Lipinski definition) is 4. The summed E-state index contributed by atoms with van der Waals surface area (Å²) in [5.41, 5.74) is -0.409. The van der Waals surface area contributed by atoms with Gasteiger partial charge >= 0.3 is 0 Å². The van der Waals surface area contributed by atoms with Gasteiger partial charge in [-0.3, -0.25) is 9.59 Å². The summed E-state index contributed by atoms with van der Waals surface area (Å²) in [7, 11) is 1.56. The topological polar surface area (TPSA) is 78.4 Å². The Morgan fingerprint density at radius 1 is 1.08 bits per heavy atom. The molecule has 0 fully saturated rings. The fourth-order valence-electron chi connectivity index (χ4n) is 2.66. The highest BCUT2D eigenvalue weighted by Gasteiger charge is 2.35. The maximum absolute atomic E-state index is 12.7. The molecule has 0 bridgehead atoms. The highest BCUT2D eigenvalue weighted by molar-refractivity contribution is 7.80. The van der Waals surface area contributed by atoms with E-state index in [1.807, 2.05) is 20.8 Å². The molecule has 0 rings (SSSR count). The van der Waals surface area contributed by atoms with E-state index in [0.29, 0.717) is 6.42 Å². The summed E-state index contributed by atoms with van der Waals surface area (Å²) in [6.45, 7) is 7.87. The summed E-state index contributed by atoms with van der Waals surface area (Å²) in [5, 5.41) is 15.6. The van der Waals surface area contributed by atoms with E-state index in [-0.39, 0.29) is 17.6 Å². The molecule has 3 N–H and O–H groups in total. The van der Waals surface area contributed by atoms with Crippen molar-refractivity contribution in [1.29, 1.82) is 0 Å². The Hall–Kier alpha value is -0.750. The lowest BCUT2D eigenvalue weighted by atomic mass is 9.85. The maximum atomic E-state index is 12.7. The van der Waals surface area contributed by atoms with Crippen molar-refractivity contribution in [1.82, 2.24) is 10.6 Å². The van der Waals surface area contributed by atoms with Gasteiger partial charge in [-0.2, -0.15) is 12.6 Å². The Morgan fingerprint density at radius 2 is 1.67 bits per heavy atom. The summed E-state index contributed by atoms with van der Waals surface area (Å²) in [6.07, 6.45) is 5.26. The number of aliphatic hydroxyl groups excluding tert-OH is 1. The number of unbranched alkanes of at least 4 members (excludes halogenated alkanes) is 4. The first-order valence-electron chi connectivity index (χ1n) is 8.99. The maximum Gasteiger partial charge on any atom is 0.242 e. The van der Waals surface area contributed by atoms with E-state index in [2.05, 4.69) is 30.2 Å². The van der Waals surface area contributed by atoms with Crippen LogP contribution in [0.4, 0.5) is 0 Å². The largest absolute Gasteiger partial charge is 0.391 e. The third-order valence-corrected chi connectivity index (χ3v) is 4.64. The van der Waals surface area contributed by atoms with Gasteiger partial charge in [-0.15, -0.1) is 0 Å². The number of thiol groups is 1. The predicted molar refractivity (Wildman–Crippen MR) is 102 cm³/mol. The summed E-state index contributed by atoms with van der Waals surface area (Å²) in [4.78, 5) is 24.7. The van der Waals surface area contributed by atoms with Crippen LogP contribution in [0.25, 0.3) is 0 Å². The average molecular weight is 361 g/mol. The van der Waals surface area contributed by atoms with Gasteiger partial charge in [0.25, 0.3) is 0 Å². The molecule has 0 saturated carbocycles. The third-order valence-electron chi connectivity index (χ3n) is 4.27. The van der Waals surface area contributed by atoms with Gasteiger partial charge in [0.2, 0.25) is 11.8 Å². The second-order valence-electron chi connectivity index (χ2n) is 7.48. The molecular weight excluding hydrogens is 324 g/mol. The van der Waals surface area contributed by atoms with Gasteiger partial charge in [-0.05, 0) is 11.8 Å². The van der Waals surface area contributed by atoms with Crippen LogP contribution in [0.3, 0.4) is 0 Å². The van der Waals surface area contributed by atoms with Crippen molar-refractivity contribution in [2.45, 2.75) is 78.4 Å². The van der Waals surface area contributed by atoms with Gasteiger partial charge in [-0.25, -0.2) is 0 Å². The molecule has 0 aromatic heterocycles. The number of aliphatic hydroxyl groups is 1. The van der Waals surface area contributed by atoms with Crippen LogP contribution in [0, 0.1) is 11.3 Å². The molecule has 2 unspecified atom stereocenters. The fourth-order valence-corrected chi connectivity index (χ4v) is 2.92. The van der Waals surface area contributed by atoms with Crippen molar-refractivity contribution < 1.29 is 14.7 Å². The van der Waals surface area contributed by atoms with Gasteiger partial charge in [0.05, 0.1) is 12.0 Å². The zero-order valence-electron chi connectivity index (χ0n) is 15.9. The summed E-state index contributed by atoms with van der Waals surface area (Å²) < 4.78 is 0. The first-order chi connectivity index (χ1) is 11.2. The zero-order valence-corrected chi connectivity index (χ0v) is 16.8. The summed E-state index contributed by atoms with van der Waals surface area (Å²) in [5.74, 6) is -0.792. The van der Waals surface area contributed by atoms with E-state index in [1.165, 1.54) is 12.8 Å². The minimum atomic E-state index is -0.801. The zero-order chi connectivity index (χ0) is 18.8. The molecule has 0 aliphatic carbocycles. The lowest BCUT2D eigenvalue weighted by Crippen LogP contribution is -2.55. The van der Waals surface area contributed by atoms with Gasteiger partial charge in [0.15, 0.2) is 0 Å². The van der Waals surface area contributed by atoms with E-state index in [9.17, 15) is 14.7 Å². The molecule has 3 atom stereocenters. The molecule has 0 spiro atoms. The van der Waals surface area contributed by atoms with Crippen molar-refractivity contribution in [2.24, 2.45) is 11.3 Å². The Kier molecular flexibility index (Phi) is 11.4. The molecule has 0 heterocycles. The molecule has 5 nitrogen and oxygen atoms in total. The standard InChI is InChI=1S/C18H36N2O3S/c1-6-7-8-9-10-11-13(14(21)12-24)16(22)20-15(17(23)19-5)18(2,3)4/h13-15,21,24H,6-12H2,1-5H3,(H,19,23)(H,20,22)/t13?,14?,15-/m1/s1. The van der Waals surface area contributed by atoms with Gasteiger partial charge in [0.1, 0.15) is 6.04 Å². The van der Waals surface area contributed by atoms with Crippen molar-refractivity contribution in [3.63, 3.8) is 0 Å². The monoisotopic (exact) mass is 360 g/mol. The summed E-state index contributed by atoms with van der Waals surface area (Å²) in [6, 6.07) is -0.635. The molecule has 0 aromatic rings. The second-order valence-corrected chi connectivity index (χ2v) is 7.85. The highest BCUT2D eigenvalue weighted by Crippen LogP contribution is 2.22. The molecule has 0 radical (unpaired) electrons. The lowest BCUT2D eigenvalue weighted by Gasteiger charge is -2.32. The van der Waals surface area contributed by atoms with Crippen molar-refractivity contribution >= 4 is 24.4 Å². The molecule has 142 valence electrons. The normalized spacial score (nSPS) is 15.5. The third kappa shape index (κ3) is 8.38. The average Bonchev–Trinajstić information content (AvgIpc) is 2.53. The SMILES string of the molecule is CCCCCCCC(C(=O)N[C@H](C(=O)NC)C(C)(C)C)C(O)CS. The number of carbonyl (C=O) groups is 2. The van der Waals surface area contributed by atoms with Crippen LogP contribution in [0.5, 0.6) is 0 Å². The molecule has 0 saturated heterocycles. The Labute approximate surface area is 152 Å². The van der Waals surface area contributed by atoms with E-state index in [0.717, 1.165) is 19.3 Å². The predicted octanol–water partition coefficient (Wildman–Crippen LogP) is 2.53. The molecule has 0 aromatic carbocycles. The van der Waals surface area contributed by atoms with E-state index >= 15 is 0 Å². The van der Waals surface area contributed by atoms with E-state index in [1.54, 1.807) is 7.05 Å². The lowest BCUT2D eigenvalue weighted by molar-refractivity contribution is -0.135. The molecular formula is C18H36N2O3S. The number of likely N-dealkylation sites (N-methyl/N-ethyl adjacent to an activating group) is 1. The first kappa shape index (κ1) is 23.2. The number of hydrogen-bond donors (Lipinski definition) is 4. The minimum Gasteiger partial charge on any atom is -0.391 e. The first-order valence-corrected chi connectivity index (χ1v) is 9.63. The van der Waals surface area contributed by atoms with E-state index in [4.69, 9.17) is 0 Å². The highest BCUT2D eigenvalue weighted by atomic mass is 32.1. The van der Waals surface area contributed by atoms with Crippen LogP contribution in [-0.2, 0) is 9.59 Å². The minimum absolute atomic E-state index is 0.224. The summed E-state index contributed by atoms with van der Waals surface area (Å²) >= 11 is 4.13. The fraction of sp³-hybridized carbons (Fsp3) is 0.889. The van der Waals surface area contributed by atoms with Crippen molar-refractivity contribution in [3.05, 3.63) is 0 Å². The van der Waals surface area contributed by atoms with Crippen LogP contribution in [0.1, 0.15) is 66.2 Å². The van der Waals surface area contributed by atoms with Crippen LogP contribution < -0.4 is 10.6 Å². The quantitative estimate of drug-likeness (QED) is 0.338. The van der Waals surface area contributed by atoms with Crippen molar-refractivity contribution in [3.8, 4) is 0 Å². The molecule has 24 heavy (non-hydrogen) atoms. The molecule has 2 amide bonds. The van der Waals surface area contributed by atoms with Crippen LogP contribution in [0.2, 0.25) is 0 Å². The van der Waals surface area contributed by atoms with Crippen LogP contribution in [0.15, 0.2) is 0 Å². The van der Waals surface area contributed by atoms with Gasteiger partial charge < -0.3 is 15.7 Å². The number of rotatable bonds is 11. The molecule has 0 aliphatic rings. The van der Waals surface area contributed by atoms with Gasteiger partial charge in [-0.1, -0.05) is 59.8 Å².